The molecule has 0 bridgehead atoms. The summed E-state index contributed by atoms with van der Waals surface area (Å²) in [6.07, 6.45) is 0.554. The van der Waals surface area contributed by atoms with E-state index in [-0.39, 0.29) is 10.9 Å². The number of nitrogens with two attached hydrogens (primary N) is 1. The van der Waals surface area contributed by atoms with Gasteiger partial charge in [-0.2, -0.15) is 0 Å². The molecule has 134 valence electrons. The highest BCUT2D eigenvalue weighted by Gasteiger charge is 2.10. The predicted molar refractivity (Wildman–Crippen MR) is 99.5 cm³/mol. The third kappa shape index (κ3) is 5.45. The number of hydrogen-bond donors (Lipinski definition) is 3. The maximum atomic E-state index is 12.0. The molecule has 0 radical (unpaired) electrons. The predicted octanol–water partition coefficient (Wildman–Crippen LogP) is 2.97. The van der Waals surface area contributed by atoms with E-state index in [1.165, 1.54) is 12.1 Å². The van der Waals surface area contributed by atoms with Crippen molar-refractivity contribution in [2.24, 2.45) is 5.14 Å². The molecule has 2 aromatic rings. The quantitative estimate of drug-likeness (QED) is 0.741. The van der Waals surface area contributed by atoms with E-state index in [1.807, 2.05) is 19.9 Å². The van der Waals surface area contributed by atoms with E-state index in [9.17, 15) is 13.2 Å². The minimum atomic E-state index is -3.69. The molecule has 25 heavy (non-hydrogen) atoms. The van der Waals surface area contributed by atoms with Crippen LogP contribution in [0, 0.1) is 13.8 Å². The Kier molecular flexibility index (Phi) is 6.05. The number of carbonyl (C=O) groups excluding carboxylic acids is 1. The highest BCUT2D eigenvalue weighted by molar-refractivity contribution is 7.89. The van der Waals surface area contributed by atoms with Crippen molar-refractivity contribution >= 4 is 33.3 Å². The maximum Gasteiger partial charge on any atom is 0.319 e. The van der Waals surface area contributed by atoms with Crippen LogP contribution in [0.4, 0.5) is 10.5 Å². The van der Waals surface area contributed by atoms with Gasteiger partial charge in [0.15, 0.2) is 0 Å². The number of aryl methyl sites for hydroxylation is 2. The molecule has 0 aromatic heterocycles. The first-order valence-electron chi connectivity index (χ1n) is 7.60. The molecule has 2 amide bonds. The Morgan fingerprint density at radius 3 is 2.36 bits per heavy atom. The molecule has 8 heteroatoms. The Morgan fingerprint density at radius 2 is 1.80 bits per heavy atom. The van der Waals surface area contributed by atoms with Crippen LogP contribution in [-0.4, -0.2) is 21.0 Å². The number of hydrogen-bond acceptors (Lipinski definition) is 3. The van der Waals surface area contributed by atoms with Crippen LogP contribution in [0.5, 0.6) is 0 Å². The lowest BCUT2D eigenvalue weighted by Crippen LogP contribution is -2.30. The van der Waals surface area contributed by atoms with Crippen LogP contribution < -0.4 is 15.8 Å². The second-order valence-corrected chi connectivity index (χ2v) is 7.73. The van der Waals surface area contributed by atoms with Crippen molar-refractivity contribution in [2.75, 3.05) is 11.9 Å². The molecule has 0 saturated heterocycles. The first-order chi connectivity index (χ1) is 11.7. The number of sulfonamides is 1. The van der Waals surface area contributed by atoms with E-state index in [1.54, 1.807) is 18.2 Å². The zero-order chi connectivity index (χ0) is 18.6. The van der Waals surface area contributed by atoms with Gasteiger partial charge in [-0.25, -0.2) is 18.4 Å². The Bertz CT molecular complexity index is 858. The molecule has 0 aliphatic carbocycles. The van der Waals surface area contributed by atoms with E-state index < -0.39 is 10.0 Å². The topological polar surface area (TPSA) is 101 Å². The van der Waals surface area contributed by atoms with Gasteiger partial charge in [-0.05, 0) is 55.2 Å². The zero-order valence-corrected chi connectivity index (χ0v) is 15.5. The fraction of sp³-hybridized carbons (Fsp3) is 0.235. The molecular weight excluding hydrogens is 362 g/mol. The van der Waals surface area contributed by atoms with Crippen molar-refractivity contribution < 1.29 is 13.2 Å². The summed E-state index contributed by atoms with van der Waals surface area (Å²) < 4.78 is 22.4. The van der Waals surface area contributed by atoms with Crippen molar-refractivity contribution in [2.45, 2.75) is 25.2 Å². The lowest BCUT2D eigenvalue weighted by Gasteiger charge is -2.12. The number of halogens is 1. The third-order valence-electron chi connectivity index (χ3n) is 3.62. The van der Waals surface area contributed by atoms with Crippen molar-refractivity contribution in [3.8, 4) is 0 Å². The molecule has 0 heterocycles. The summed E-state index contributed by atoms with van der Waals surface area (Å²) in [5.41, 5.74) is 3.38. The van der Waals surface area contributed by atoms with Crippen molar-refractivity contribution in [1.29, 1.82) is 0 Å². The number of rotatable bonds is 5. The largest absolute Gasteiger partial charge is 0.338 e. The van der Waals surface area contributed by atoms with Crippen molar-refractivity contribution in [1.82, 2.24) is 5.32 Å². The lowest BCUT2D eigenvalue weighted by molar-refractivity contribution is 0.252. The smallest absolute Gasteiger partial charge is 0.319 e. The molecule has 0 spiro atoms. The number of amides is 2. The summed E-state index contributed by atoms with van der Waals surface area (Å²) in [5.74, 6) is 0. The number of nitrogens with one attached hydrogen (secondary N) is 2. The van der Waals surface area contributed by atoms with Gasteiger partial charge in [0.25, 0.3) is 0 Å². The van der Waals surface area contributed by atoms with Gasteiger partial charge in [-0.15, -0.1) is 0 Å². The average Bonchev–Trinajstić information content (AvgIpc) is 2.50. The highest BCUT2D eigenvalue weighted by Crippen LogP contribution is 2.27. The number of anilines is 1. The van der Waals surface area contributed by atoms with Crippen molar-refractivity contribution in [3.63, 3.8) is 0 Å². The Labute approximate surface area is 152 Å². The molecule has 0 aliphatic heterocycles. The van der Waals surface area contributed by atoms with Crippen LogP contribution in [-0.2, 0) is 16.4 Å². The molecule has 0 atom stereocenters. The maximum absolute atomic E-state index is 12.0. The number of urea groups is 1. The van der Waals surface area contributed by atoms with Gasteiger partial charge < -0.3 is 10.6 Å². The molecule has 0 aliphatic rings. The number of primary sulfonamides is 1. The fourth-order valence-electron chi connectivity index (χ4n) is 2.40. The van der Waals surface area contributed by atoms with Gasteiger partial charge in [0.2, 0.25) is 10.0 Å². The molecule has 0 saturated carbocycles. The summed E-state index contributed by atoms with van der Waals surface area (Å²) in [5, 5.41) is 11.0. The van der Waals surface area contributed by atoms with Gasteiger partial charge >= 0.3 is 6.03 Å². The first-order valence-corrected chi connectivity index (χ1v) is 9.52. The molecule has 0 unspecified atom stereocenters. The Balaban J connectivity index is 1.89. The van der Waals surface area contributed by atoms with Gasteiger partial charge in [0.05, 0.1) is 15.6 Å². The Morgan fingerprint density at radius 1 is 1.16 bits per heavy atom. The van der Waals surface area contributed by atoms with E-state index >= 15 is 0 Å². The third-order valence-corrected chi connectivity index (χ3v) is 4.85. The summed E-state index contributed by atoms with van der Waals surface area (Å²) in [7, 11) is -3.69. The fourth-order valence-corrected chi connectivity index (χ4v) is 3.28. The lowest BCUT2D eigenvalue weighted by atomic mass is 10.1. The van der Waals surface area contributed by atoms with Crippen LogP contribution in [0.1, 0.15) is 16.7 Å². The minimum Gasteiger partial charge on any atom is -0.338 e. The number of benzene rings is 2. The van der Waals surface area contributed by atoms with Crippen LogP contribution in [0.2, 0.25) is 5.02 Å². The van der Waals surface area contributed by atoms with E-state index in [4.69, 9.17) is 16.7 Å². The van der Waals surface area contributed by atoms with Gasteiger partial charge in [0, 0.05) is 6.54 Å². The second-order valence-electron chi connectivity index (χ2n) is 5.76. The van der Waals surface area contributed by atoms with Crippen molar-refractivity contribution in [3.05, 3.63) is 58.1 Å². The van der Waals surface area contributed by atoms with Crippen LogP contribution >= 0.6 is 11.6 Å². The average molecular weight is 382 g/mol. The molecule has 2 aromatic carbocycles. The summed E-state index contributed by atoms with van der Waals surface area (Å²) in [6, 6.07) is 9.60. The second kappa shape index (κ2) is 7.86. The van der Waals surface area contributed by atoms with E-state index in [0.29, 0.717) is 23.7 Å². The zero-order valence-electron chi connectivity index (χ0n) is 14.0. The van der Waals surface area contributed by atoms with Crippen LogP contribution in [0.15, 0.2) is 41.3 Å². The van der Waals surface area contributed by atoms with Crippen LogP contribution in [0.3, 0.4) is 0 Å². The normalized spacial score (nSPS) is 11.2. The monoisotopic (exact) mass is 381 g/mol. The summed E-state index contributed by atoms with van der Waals surface area (Å²) in [6.45, 7) is 4.20. The summed E-state index contributed by atoms with van der Waals surface area (Å²) >= 11 is 6.16. The van der Waals surface area contributed by atoms with E-state index in [2.05, 4.69) is 10.6 Å². The molecule has 4 N–H and O–H groups in total. The molecule has 6 nitrogen and oxygen atoms in total. The first kappa shape index (κ1) is 19.2. The summed E-state index contributed by atoms with van der Waals surface area (Å²) in [4.78, 5) is 12.1. The highest BCUT2D eigenvalue weighted by atomic mass is 35.5. The molecule has 0 fully saturated rings. The van der Waals surface area contributed by atoms with Gasteiger partial charge in [0.1, 0.15) is 0 Å². The van der Waals surface area contributed by atoms with Crippen LogP contribution in [0.25, 0.3) is 0 Å². The Hall–Kier alpha value is -2.09. The van der Waals surface area contributed by atoms with Gasteiger partial charge in [-0.3, -0.25) is 0 Å². The number of carbonyl (C=O) groups is 1. The van der Waals surface area contributed by atoms with Gasteiger partial charge in [-0.1, -0.05) is 29.8 Å². The minimum absolute atomic E-state index is 0.0615. The molecular formula is C17H20ClN3O3S. The SMILES string of the molecule is Cc1cc(C)c(NC(=O)NCCc2ccc(S(N)(=O)=O)cc2)c(Cl)c1. The van der Waals surface area contributed by atoms with E-state index in [0.717, 1.165) is 16.7 Å². The molecule has 2 rings (SSSR count). The standard InChI is InChI=1S/C17H20ClN3O3S/c1-11-9-12(2)16(15(18)10-11)21-17(22)20-8-7-13-3-5-14(6-4-13)25(19,23)24/h3-6,9-10H,7-8H2,1-2H3,(H2,19,23,24)(H2,20,21,22).